The summed E-state index contributed by atoms with van der Waals surface area (Å²) < 4.78 is 5.67. The second-order valence-corrected chi connectivity index (χ2v) is 5.07. The molecule has 2 aromatic carbocycles. The summed E-state index contributed by atoms with van der Waals surface area (Å²) in [5.41, 5.74) is 0.590. The summed E-state index contributed by atoms with van der Waals surface area (Å²) >= 11 is 11.9. The molecule has 0 aliphatic carbocycles. The summed E-state index contributed by atoms with van der Waals surface area (Å²) in [5.74, 6) is 0.480. The van der Waals surface area contributed by atoms with E-state index in [-0.39, 0.29) is 16.5 Å². The van der Waals surface area contributed by atoms with Gasteiger partial charge in [-0.1, -0.05) is 35.3 Å². The summed E-state index contributed by atoms with van der Waals surface area (Å²) in [4.78, 5) is 10.5. The Labute approximate surface area is 131 Å². The number of halogens is 2. The van der Waals surface area contributed by atoms with Gasteiger partial charge in [0.15, 0.2) is 5.75 Å². The zero-order valence-corrected chi connectivity index (χ0v) is 12.6. The number of nitro benzene ring substituents is 1. The van der Waals surface area contributed by atoms with E-state index in [1.54, 1.807) is 19.2 Å². The Morgan fingerprint density at radius 1 is 1.29 bits per heavy atom. The first kappa shape index (κ1) is 15.6. The fourth-order valence-electron chi connectivity index (χ4n) is 1.83. The zero-order chi connectivity index (χ0) is 15.4. The molecule has 0 fully saturated rings. The van der Waals surface area contributed by atoms with Gasteiger partial charge in [0.05, 0.1) is 9.95 Å². The van der Waals surface area contributed by atoms with Gasteiger partial charge in [-0.05, 0) is 25.2 Å². The van der Waals surface area contributed by atoms with Gasteiger partial charge in [0.25, 0.3) is 0 Å². The summed E-state index contributed by atoms with van der Waals surface area (Å²) in [6, 6.07) is 9.51. The summed E-state index contributed by atoms with van der Waals surface area (Å²) in [6.45, 7) is 0.525. The van der Waals surface area contributed by atoms with Gasteiger partial charge < -0.3 is 10.1 Å². The first-order chi connectivity index (χ1) is 10.0. The van der Waals surface area contributed by atoms with Crippen LogP contribution in [0.3, 0.4) is 0 Å². The number of nitrogens with one attached hydrogen (secondary N) is 1. The monoisotopic (exact) mass is 326 g/mol. The summed E-state index contributed by atoms with van der Waals surface area (Å²) in [7, 11) is 1.79. The van der Waals surface area contributed by atoms with Crippen molar-refractivity contribution in [3.05, 3.63) is 62.1 Å². The van der Waals surface area contributed by atoms with Crippen molar-refractivity contribution in [1.82, 2.24) is 5.32 Å². The maximum absolute atomic E-state index is 11.1. The Morgan fingerprint density at radius 2 is 2.05 bits per heavy atom. The molecule has 0 aliphatic heterocycles. The average molecular weight is 327 g/mol. The number of nitro groups is 1. The van der Waals surface area contributed by atoms with Gasteiger partial charge in [-0.2, -0.15) is 0 Å². The number of nitrogens with zero attached hydrogens (tertiary/aromatic N) is 1. The lowest BCUT2D eigenvalue weighted by Gasteiger charge is -2.12. The zero-order valence-electron chi connectivity index (χ0n) is 11.1. The molecule has 0 unspecified atom stereocenters. The molecule has 21 heavy (non-hydrogen) atoms. The Morgan fingerprint density at radius 3 is 2.71 bits per heavy atom. The number of ether oxygens (including phenoxy) is 1. The highest BCUT2D eigenvalue weighted by Crippen LogP contribution is 2.38. The van der Waals surface area contributed by atoms with Gasteiger partial charge in [0.1, 0.15) is 0 Å². The van der Waals surface area contributed by atoms with Gasteiger partial charge in [-0.15, -0.1) is 0 Å². The number of hydrogen-bond donors (Lipinski definition) is 1. The second-order valence-electron chi connectivity index (χ2n) is 4.23. The van der Waals surface area contributed by atoms with E-state index < -0.39 is 4.92 Å². The van der Waals surface area contributed by atoms with Crippen LogP contribution in [0.2, 0.25) is 10.0 Å². The number of rotatable bonds is 5. The third-order valence-electron chi connectivity index (χ3n) is 2.75. The molecule has 7 heteroatoms. The minimum atomic E-state index is -0.546. The van der Waals surface area contributed by atoms with Gasteiger partial charge >= 0.3 is 5.69 Å². The first-order valence-electron chi connectivity index (χ1n) is 6.06. The number of hydrogen-bond acceptors (Lipinski definition) is 4. The number of benzene rings is 2. The van der Waals surface area contributed by atoms with E-state index in [2.05, 4.69) is 5.32 Å². The molecule has 0 heterocycles. The molecule has 0 saturated heterocycles. The third-order valence-corrected chi connectivity index (χ3v) is 3.28. The topological polar surface area (TPSA) is 64.4 Å². The molecule has 110 valence electrons. The van der Waals surface area contributed by atoms with Crippen molar-refractivity contribution in [2.45, 2.75) is 6.54 Å². The highest BCUT2D eigenvalue weighted by Gasteiger charge is 2.19. The third kappa shape index (κ3) is 3.64. The smallest absolute Gasteiger partial charge is 0.313 e. The van der Waals surface area contributed by atoms with Crippen molar-refractivity contribution in [3.8, 4) is 11.5 Å². The molecular formula is C14H12Cl2N2O3. The molecule has 0 radical (unpaired) electrons. The first-order valence-corrected chi connectivity index (χ1v) is 6.82. The van der Waals surface area contributed by atoms with Crippen LogP contribution in [0, 0.1) is 10.1 Å². The Kier molecular flexibility index (Phi) is 5.01. The lowest BCUT2D eigenvalue weighted by atomic mass is 10.2. The van der Waals surface area contributed by atoms with E-state index in [0.29, 0.717) is 17.3 Å². The van der Waals surface area contributed by atoms with Crippen molar-refractivity contribution in [2.75, 3.05) is 7.05 Å². The molecule has 0 spiro atoms. The lowest BCUT2D eigenvalue weighted by Crippen LogP contribution is -2.06. The molecule has 0 atom stereocenters. The average Bonchev–Trinajstić information content (AvgIpc) is 2.44. The van der Waals surface area contributed by atoms with Gasteiger partial charge in [0, 0.05) is 23.2 Å². The SMILES string of the molecule is CNCc1cccc(Cl)c1Oc1ccc(Cl)cc1[N+](=O)[O-]. The van der Waals surface area contributed by atoms with Crippen LogP contribution < -0.4 is 10.1 Å². The fraction of sp³-hybridized carbons (Fsp3) is 0.143. The van der Waals surface area contributed by atoms with Crippen molar-refractivity contribution in [2.24, 2.45) is 0 Å². The standard InChI is InChI=1S/C14H12Cl2N2O3/c1-17-8-9-3-2-4-11(16)14(9)21-13-6-5-10(15)7-12(13)18(19)20/h2-7,17H,8H2,1H3. The maximum Gasteiger partial charge on any atom is 0.313 e. The van der Waals surface area contributed by atoms with Crippen molar-refractivity contribution >= 4 is 28.9 Å². The van der Waals surface area contributed by atoms with Crippen molar-refractivity contribution < 1.29 is 9.66 Å². The van der Waals surface area contributed by atoms with E-state index in [9.17, 15) is 10.1 Å². The van der Waals surface area contributed by atoms with E-state index >= 15 is 0 Å². The van der Waals surface area contributed by atoms with Crippen LogP contribution in [0.1, 0.15) is 5.56 Å². The lowest BCUT2D eigenvalue weighted by molar-refractivity contribution is -0.385. The highest BCUT2D eigenvalue weighted by atomic mass is 35.5. The van der Waals surface area contributed by atoms with E-state index in [4.69, 9.17) is 27.9 Å². The molecule has 0 saturated carbocycles. The molecule has 0 amide bonds. The molecular weight excluding hydrogens is 315 g/mol. The van der Waals surface area contributed by atoms with Crippen LogP contribution in [-0.2, 0) is 6.54 Å². The van der Waals surface area contributed by atoms with Crippen molar-refractivity contribution in [3.63, 3.8) is 0 Å². The van der Waals surface area contributed by atoms with E-state index in [1.807, 2.05) is 6.07 Å². The predicted molar refractivity (Wildman–Crippen MR) is 82.4 cm³/mol. The van der Waals surface area contributed by atoms with Gasteiger partial charge in [0.2, 0.25) is 5.75 Å². The maximum atomic E-state index is 11.1. The minimum absolute atomic E-state index is 0.0925. The molecule has 0 bridgehead atoms. The van der Waals surface area contributed by atoms with Crippen molar-refractivity contribution in [1.29, 1.82) is 0 Å². The molecule has 5 nitrogen and oxygen atoms in total. The number of para-hydroxylation sites is 1. The Hall–Kier alpha value is -1.82. The fourth-order valence-corrected chi connectivity index (χ4v) is 2.23. The van der Waals surface area contributed by atoms with Crippen LogP contribution in [0.5, 0.6) is 11.5 Å². The molecule has 2 rings (SSSR count). The molecule has 1 N–H and O–H groups in total. The van der Waals surface area contributed by atoms with Crippen LogP contribution in [0.25, 0.3) is 0 Å². The molecule has 0 aromatic heterocycles. The molecule has 0 aliphatic rings. The van der Waals surface area contributed by atoms with Gasteiger partial charge in [-0.3, -0.25) is 10.1 Å². The predicted octanol–water partition coefficient (Wildman–Crippen LogP) is 4.41. The highest BCUT2D eigenvalue weighted by molar-refractivity contribution is 6.32. The van der Waals surface area contributed by atoms with E-state index in [0.717, 1.165) is 5.56 Å². The van der Waals surface area contributed by atoms with E-state index in [1.165, 1.54) is 18.2 Å². The van der Waals surface area contributed by atoms with Crippen LogP contribution in [0.15, 0.2) is 36.4 Å². The quantitative estimate of drug-likeness (QED) is 0.652. The van der Waals surface area contributed by atoms with Crippen LogP contribution in [0.4, 0.5) is 5.69 Å². The summed E-state index contributed by atoms with van der Waals surface area (Å²) in [6.07, 6.45) is 0. The molecule has 2 aromatic rings. The Bertz CT molecular complexity index is 677. The second kappa shape index (κ2) is 6.76. The van der Waals surface area contributed by atoms with Gasteiger partial charge in [-0.25, -0.2) is 0 Å². The largest absolute Gasteiger partial charge is 0.448 e. The normalized spacial score (nSPS) is 10.4. The minimum Gasteiger partial charge on any atom is -0.448 e. The summed E-state index contributed by atoms with van der Waals surface area (Å²) in [5, 5.41) is 14.7. The van der Waals surface area contributed by atoms with Crippen LogP contribution in [-0.4, -0.2) is 12.0 Å². The van der Waals surface area contributed by atoms with Crippen LogP contribution >= 0.6 is 23.2 Å². The Balaban J connectivity index is 2.45.